The molecule has 1 atom stereocenters. The van der Waals surface area contributed by atoms with Gasteiger partial charge in [0, 0.05) is 19.1 Å². The zero-order valence-electron chi connectivity index (χ0n) is 13.1. The van der Waals surface area contributed by atoms with Crippen molar-refractivity contribution in [1.82, 2.24) is 10.2 Å². The number of furan rings is 1. The van der Waals surface area contributed by atoms with Crippen LogP contribution in [0.3, 0.4) is 0 Å². The van der Waals surface area contributed by atoms with Crippen molar-refractivity contribution in [3.8, 4) is 0 Å². The molecule has 122 valence electrons. The number of rotatable bonds is 6. The maximum atomic E-state index is 12.0. The third-order valence-electron chi connectivity index (χ3n) is 4.39. The standard InChI is InChI=1S/C18H22N2O3/c21-13-16-7-3-9-20(16)12-15-6-2-1-5-14(15)11-19-18(22)17-8-4-10-23-17/h1-2,4-6,8,10,16,21H,3,7,9,11-13H2,(H,19,22)/t16-/m1/s1. The Balaban J connectivity index is 1.65. The zero-order chi connectivity index (χ0) is 16.1. The van der Waals surface area contributed by atoms with E-state index in [1.165, 1.54) is 11.8 Å². The summed E-state index contributed by atoms with van der Waals surface area (Å²) >= 11 is 0. The molecule has 2 N–H and O–H groups in total. The molecule has 5 heteroatoms. The van der Waals surface area contributed by atoms with E-state index >= 15 is 0 Å². The van der Waals surface area contributed by atoms with Gasteiger partial charge in [-0.15, -0.1) is 0 Å². The zero-order valence-corrected chi connectivity index (χ0v) is 13.1. The van der Waals surface area contributed by atoms with Crippen LogP contribution in [-0.2, 0) is 13.1 Å². The third-order valence-corrected chi connectivity index (χ3v) is 4.39. The van der Waals surface area contributed by atoms with Crippen LogP contribution in [0.25, 0.3) is 0 Å². The largest absolute Gasteiger partial charge is 0.459 e. The second-order valence-electron chi connectivity index (χ2n) is 5.88. The number of likely N-dealkylation sites (tertiary alicyclic amines) is 1. The van der Waals surface area contributed by atoms with Gasteiger partial charge in [-0.3, -0.25) is 9.69 Å². The highest BCUT2D eigenvalue weighted by Crippen LogP contribution is 2.21. The van der Waals surface area contributed by atoms with Gasteiger partial charge in [0.05, 0.1) is 12.9 Å². The molecule has 23 heavy (non-hydrogen) atoms. The first-order chi connectivity index (χ1) is 11.3. The molecule has 1 aliphatic rings. The molecule has 1 amide bonds. The fourth-order valence-electron chi connectivity index (χ4n) is 3.08. The van der Waals surface area contributed by atoms with Crippen molar-refractivity contribution in [3.05, 3.63) is 59.5 Å². The van der Waals surface area contributed by atoms with Gasteiger partial charge in [-0.2, -0.15) is 0 Å². The quantitative estimate of drug-likeness (QED) is 0.857. The van der Waals surface area contributed by atoms with Gasteiger partial charge in [-0.25, -0.2) is 0 Å². The lowest BCUT2D eigenvalue weighted by molar-refractivity contribution is 0.0923. The number of carbonyl (C=O) groups excluding carboxylic acids is 1. The van der Waals surface area contributed by atoms with Crippen LogP contribution >= 0.6 is 0 Å². The van der Waals surface area contributed by atoms with E-state index in [1.807, 2.05) is 18.2 Å². The maximum absolute atomic E-state index is 12.0. The lowest BCUT2D eigenvalue weighted by Crippen LogP contribution is -2.32. The Kier molecular flexibility index (Phi) is 5.10. The Bertz CT molecular complexity index is 639. The number of aliphatic hydroxyl groups excluding tert-OH is 1. The molecule has 0 aliphatic carbocycles. The Morgan fingerprint density at radius 3 is 2.83 bits per heavy atom. The van der Waals surface area contributed by atoms with Crippen LogP contribution in [0.4, 0.5) is 0 Å². The number of hydrogen-bond donors (Lipinski definition) is 2. The summed E-state index contributed by atoms with van der Waals surface area (Å²) in [4.78, 5) is 14.3. The minimum absolute atomic E-state index is 0.206. The summed E-state index contributed by atoms with van der Waals surface area (Å²) < 4.78 is 5.10. The first-order valence-corrected chi connectivity index (χ1v) is 8.01. The Morgan fingerprint density at radius 1 is 1.26 bits per heavy atom. The van der Waals surface area contributed by atoms with Gasteiger partial charge in [-0.1, -0.05) is 24.3 Å². The molecule has 1 aromatic heterocycles. The van der Waals surface area contributed by atoms with Gasteiger partial charge in [-0.05, 0) is 42.6 Å². The van der Waals surface area contributed by atoms with E-state index in [-0.39, 0.29) is 18.6 Å². The molecule has 1 aromatic carbocycles. The molecule has 0 spiro atoms. The summed E-state index contributed by atoms with van der Waals surface area (Å²) in [5.41, 5.74) is 2.28. The molecule has 1 fully saturated rings. The second-order valence-corrected chi connectivity index (χ2v) is 5.88. The van der Waals surface area contributed by atoms with E-state index in [0.717, 1.165) is 31.5 Å². The number of amides is 1. The molecule has 0 radical (unpaired) electrons. The van der Waals surface area contributed by atoms with Crippen LogP contribution in [0, 0.1) is 0 Å². The van der Waals surface area contributed by atoms with Gasteiger partial charge in [0.15, 0.2) is 5.76 Å². The summed E-state index contributed by atoms with van der Waals surface area (Å²) in [7, 11) is 0. The fourth-order valence-corrected chi connectivity index (χ4v) is 3.08. The fraction of sp³-hybridized carbons (Fsp3) is 0.389. The van der Waals surface area contributed by atoms with E-state index in [2.05, 4.69) is 16.3 Å². The molecular formula is C18H22N2O3. The SMILES string of the molecule is O=C(NCc1ccccc1CN1CCC[C@@H]1CO)c1ccco1. The van der Waals surface area contributed by atoms with Crippen molar-refractivity contribution < 1.29 is 14.3 Å². The van der Waals surface area contributed by atoms with Crippen LogP contribution in [0.1, 0.15) is 34.5 Å². The molecule has 2 heterocycles. The topological polar surface area (TPSA) is 65.7 Å². The number of benzene rings is 1. The lowest BCUT2D eigenvalue weighted by Gasteiger charge is -2.24. The van der Waals surface area contributed by atoms with Crippen molar-refractivity contribution in [2.24, 2.45) is 0 Å². The van der Waals surface area contributed by atoms with Crippen molar-refractivity contribution in [1.29, 1.82) is 0 Å². The highest BCUT2D eigenvalue weighted by molar-refractivity contribution is 5.91. The molecule has 0 saturated carbocycles. The highest BCUT2D eigenvalue weighted by atomic mass is 16.3. The minimum atomic E-state index is -0.209. The number of nitrogens with one attached hydrogen (secondary N) is 1. The third kappa shape index (κ3) is 3.81. The van der Waals surface area contributed by atoms with E-state index < -0.39 is 0 Å². The van der Waals surface area contributed by atoms with Gasteiger partial charge in [0.1, 0.15) is 0 Å². The van der Waals surface area contributed by atoms with Gasteiger partial charge < -0.3 is 14.8 Å². The molecule has 1 saturated heterocycles. The van der Waals surface area contributed by atoms with E-state index in [0.29, 0.717) is 12.3 Å². The Morgan fingerprint density at radius 2 is 2.09 bits per heavy atom. The number of aliphatic hydroxyl groups is 1. The van der Waals surface area contributed by atoms with Gasteiger partial charge in [0.25, 0.3) is 5.91 Å². The van der Waals surface area contributed by atoms with Crippen LogP contribution in [-0.4, -0.2) is 35.1 Å². The van der Waals surface area contributed by atoms with Crippen LogP contribution in [0.15, 0.2) is 47.1 Å². The predicted molar refractivity (Wildman–Crippen MR) is 86.8 cm³/mol. The summed E-state index contributed by atoms with van der Waals surface area (Å²) in [5.74, 6) is 0.113. The molecule has 1 aliphatic heterocycles. The summed E-state index contributed by atoms with van der Waals surface area (Å²) in [6.07, 6.45) is 3.67. The lowest BCUT2D eigenvalue weighted by atomic mass is 10.1. The molecule has 3 rings (SSSR count). The summed E-state index contributed by atoms with van der Waals surface area (Å²) in [6, 6.07) is 11.7. The number of carbonyl (C=O) groups is 1. The van der Waals surface area contributed by atoms with E-state index in [9.17, 15) is 9.90 Å². The molecule has 2 aromatic rings. The van der Waals surface area contributed by atoms with Crippen LogP contribution < -0.4 is 5.32 Å². The number of hydrogen-bond acceptors (Lipinski definition) is 4. The number of nitrogens with zero attached hydrogens (tertiary/aromatic N) is 1. The minimum Gasteiger partial charge on any atom is -0.459 e. The average molecular weight is 314 g/mol. The first kappa shape index (κ1) is 15.8. The van der Waals surface area contributed by atoms with E-state index in [4.69, 9.17) is 4.42 Å². The van der Waals surface area contributed by atoms with E-state index in [1.54, 1.807) is 12.1 Å². The highest BCUT2D eigenvalue weighted by Gasteiger charge is 2.24. The molecule has 0 unspecified atom stereocenters. The van der Waals surface area contributed by atoms with Gasteiger partial charge >= 0.3 is 0 Å². The smallest absolute Gasteiger partial charge is 0.287 e. The summed E-state index contributed by atoms with van der Waals surface area (Å²) in [6.45, 7) is 2.49. The molecule has 0 bridgehead atoms. The monoisotopic (exact) mass is 314 g/mol. The average Bonchev–Trinajstić information content (AvgIpc) is 3.25. The van der Waals surface area contributed by atoms with Gasteiger partial charge in [0.2, 0.25) is 0 Å². The summed E-state index contributed by atoms with van der Waals surface area (Å²) in [5, 5.41) is 12.3. The normalized spacial score (nSPS) is 18.2. The first-order valence-electron chi connectivity index (χ1n) is 8.01. The molecule has 5 nitrogen and oxygen atoms in total. The van der Waals surface area contributed by atoms with Crippen molar-refractivity contribution in [2.45, 2.75) is 32.0 Å². The Hall–Kier alpha value is -2.11. The van der Waals surface area contributed by atoms with Crippen molar-refractivity contribution in [2.75, 3.05) is 13.2 Å². The molecular weight excluding hydrogens is 292 g/mol. The van der Waals surface area contributed by atoms with Crippen molar-refractivity contribution >= 4 is 5.91 Å². The predicted octanol–water partition coefficient (Wildman–Crippen LogP) is 2.17. The van der Waals surface area contributed by atoms with Crippen LogP contribution in [0.2, 0.25) is 0 Å². The second kappa shape index (κ2) is 7.44. The Labute approximate surface area is 135 Å². The maximum Gasteiger partial charge on any atom is 0.287 e. The van der Waals surface area contributed by atoms with Crippen LogP contribution in [0.5, 0.6) is 0 Å². The van der Waals surface area contributed by atoms with Crippen molar-refractivity contribution in [3.63, 3.8) is 0 Å².